The molecule has 0 N–H and O–H groups in total. The van der Waals surface area contributed by atoms with Crippen molar-refractivity contribution in [3.05, 3.63) is 24.2 Å². The van der Waals surface area contributed by atoms with Crippen LogP contribution in [-0.4, -0.2) is 23.3 Å². The molecule has 1 aromatic rings. The van der Waals surface area contributed by atoms with Crippen LogP contribution >= 0.6 is 0 Å². The number of nitrogens with zero attached hydrogens (tertiary/aromatic N) is 1. The SMILES string of the molecule is CC(C)(C)C(=O)CN(Cc1ccco1)C1CC1. The minimum atomic E-state index is -0.254. The molecule has 1 fully saturated rings. The molecule has 0 aromatic carbocycles. The molecule has 1 aromatic heterocycles. The first-order chi connectivity index (χ1) is 7.97. The zero-order valence-corrected chi connectivity index (χ0v) is 10.9. The molecule has 0 atom stereocenters. The molecule has 94 valence electrons. The van der Waals surface area contributed by atoms with Crippen molar-refractivity contribution in [2.45, 2.75) is 46.2 Å². The molecule has 0 amide bonds. The maximum atomic E-state index is 12.1. The minimum absolute atomic E-state index is 0.254. The monoisotopic (exact) mass is 235 g/mol. The molecular formula is C14H21NO2. The summed E-state index contributed by atoms with van der Waals surface area (Å²) in [6.45, 7) is 7.22. The van der Waals surface area contributed by atoms with E-state index in [-0.39, 0.29) is 5.41 Å². The Bertz CT molecular complexity index is 371. The van der Waals surface area contributed by atoms with Gasteiger partial charge in [0, 0.05) is 11.5 Å². The van der Waals surface area contributed by atoms with Crippen LogP contribution in [0.3, 0.4) is 0 Å². The van der Waals surface area contributed by atoms with Crippen LogP contribution < -0.4 is 0 Å². The van der Waals surface area contributed by atoms with E-state index >= 15 is 0 Å². The maximum absolute atomic E-state index is 12.1. The topological polar surface area (TPSA) is 33.5 Å². The van der Waals surface area contributed by atoms with Crippen LogP contribution in [0.5, 0.6) is 0 Å². The highest BCUT2D eigenvalue weighted by Gasteiger charge is 2.33. The van der Waals surface area contributed by atoms with Crippen LogP contribution in [0, 0.1) is 5.41 Å². The van der Waals surface area contributed by atoms with Crippen LogP contribution in [0.15, 0.2) is 22.8 Å². The molecule has 0 bridgehead atoms. The molecule has 0 saturated heterocycles. The fraction of sp³-hybridized carbons (Fsp3) is 0.643. The predicted molar refractivity (Wildman–Crippen MR) is 66.6 cm³/mol. The first kappa shape index (κ1) is 12.4. The maximum Gasteiger partial charge on any atom is 0.152 e. The molecule has 3 heteroatoms. The number of hydrogen-bond donors (Lipinski definition) is 0. The summed E-state index contributed by atoms with van der Waals surface area (Å²) in [7, 11) is 0. The van der Waals surface area contributed by atoms with Crippen molar-refractivity contribution in [3.63, 3.8) is 0 Å². The number of carbonyl (C=O) groups excluding carboxylic acids is 1. The number of rotatable bonds is 5. The first-order valence-corrected chi connectivity index (χ1v) is 6.26. The van der Waals surface area contributed by atoms with E-state index < -0.39 is 0 Å². The summed E-state index contributed by atoms with van der Waals surface area (Å²) < 4.78 is 5.36. The molecule has 1 saturated carbocycles. The highest BCUT2D eigenvalue weighted by atomic mass is 16.3. The van der Waals surface area contributed by atoms with Crippen molar-refractivity contribution in [2.75, 3.05) is 6.54 Å². The summed E-state index contributed by atoms with van der Waals surface area (Å²) in [5, 5.41) is 0. The van der Waals surface area contributed by atoms with E-state index in [1.807, 2.05) is 32.9 Å². The first-order valence-electron chi connectivity index (χ1n) is 6.26. The molecule has 1 aliphatic rings. The smallest absolute Gasteiger partial charge is 0.152 e. The lowest BCUT2D eigenvalue weighted by atomic mass is 9.90. The van der Waals surface area contributed by atoms with Gasteiger partial charge in [-0.2, -0.15) is 0 Å². The van der Waals surface area contributed by atoms with Crippen molar-refractivity contribution >= 4 is 5.78 Å². The fourth-order valence-electron chi connectivity index (χ4n) is 1.78. The molecule has 2 rings (SSSR count). The molecule has 17 heavy (non-hydrogen) atoms. The third kappa shape index (κ3) is 3.43. The standard InChI is InChI=1S/C14H21NO2/c1-14(2,3)13(16)10-15(11-6-7-11)9-12-5-4-8-17-12/h4-5,8,11H,6-7,9-10H2,1-3H3. The highest BCUT2D eigenvalue weighted by Crippen LogP contribution is 2.29. The van der Waals surface area contributed by atoms with E-state index in [0.717, 1.165) is 12.3 Å². The van der Waals surface area contributed by atoms with Crippen molar-refractivity contribution in [1.29, 1.82) is 0 Å². The van der Waals surface area contributed by atoms with Gasteiger partial charge in [0.1, 0.15) is 5.76 Å². The Balaban J connectivity index is 1.96. The van der Waals surface area contributed by atoms with E-state index in [1.54, 1.807) is 6.26 Å². The number of carbonyl (C=O) groups is 1. The third-order valence-electron chi connectivity index (χ3n) is 3.19. The van der Waals surface area contributed by atoms with E-state index in [0.29, 0.717) is 18.4 Å². The predicted octanol–water partition coefficient (Wildman–Crippen LogP) is 2.86. The van der Waals surface area contributed by atoms with Gasteiger partial charge in [-0.3, -0.25) is 9.69 Å². The minimum Gasteiger partial charge on any atom is -0.468 e. The molecule has 0 aliphatic heterocycles. The molecule has 0 radical (unpaired) electrons. The molecule has 0 spiro atoms. The van der Waals surface area contributed by atoms with Gasteiger partial charge in [-0.1, -0.05) is 20.8 Å². The summed E-state index contributed by atoms with van der Waals surface area (Å²) in [6.07, 6.45) is 4.10. The summed E-state index contributed by atoms with van der Waals surface area (Å²) >= 11 is 0. The number of hydrogen-bond acceptors (Lipinski definition) is 3. The van der Waals surface area contributed by atoms with E-state index in [4.69, 9.17) is 4.42 Å². The normalized spacial score (nSPS) is 16.5. The van der Waals surface area contributed by atoms with Gasteiger partial charge in [0.2, 0.25) is 0 Å². The number of Topliss-reactive ketones (excluding diaryl/α,β-unsaturated/α-hetero) is 1. The lowest BCUT2D eigenvalue weighted by Crippen LogP contribution is -2.36. The Kier molecular flexibility index (Phi) is 3.38. The lowest BCUT2D eigenvalue weighted by Gasteiger charge is -2.24. The molecule has 0 unspecified atom stereocenters. The average Bonchev–Trinajstić information content (AvgIpc) is 2.95. The fourth-order valence-corrected chi connectivity index (χ4v) is 1.78. The van der Waals surface area contributed by atoms with Gasteiger partial charge in [-0.05, 0) is 25.0 Å². The van der Waals surface area contributed by atoms with Crippen molar-refractivity contribution in [3.8, 4) is 0 Å². The van der Waals surface area contributed by atoms with Gasteiger partial charge in [-0.25, -0.2) is 0 Å². The zero-order chi connectivity index (χ0) is 12.5. The summed E-state index contributed by atoms with van der Waals surface area (Å²) in [6, 6.07) is 4.44. The molecule has 1 heterocycles. The third-order valence-corrected chi connectivity index (χ3v) is 3.19. The van der Waals surface area contributed by atoms with Gasteiger partial charge in [0.15, 0.2) is 5.78 Å². The molecular weight excluding hydrogens is 214 g/mol. The Morgan fingerprint density at radius 1 is 1.47 bits per heavy atom. The largest absolute Gasteiger partial charge is 0.468 e. The quantitative estimate of drug-likeness (QED) is 0.787. The van der Waals surface area contributed by atoms with Gasteiger partial charge in [-0.15, -0.1) is 0 Å². The van der Waals surface area contributed by atoms with E-state index in [9.17, 15) is 4.79 Å². The van der Waals surface area contributed by atoms with E-state index in [1.165, 1.54) is 12.8 Å². The van der Waals surface area contributed by atoms with Crippen LogP contribution in [0.1, 0.15) is 39.4 Å². The van der Waals surface area contributed by atoms with Gasteiger partial charge in [0.25, 0.3) is 0 Å². The van der Waals surface area contributed by atoms with Crippen LogP contribution in [-0.2, 0) is 11.3 Å². The number of ketones is 1. The Morgan fingerprint density at radius 2 is 2.18 bits per heavy atom. The highest BCUT2D eigenvalue weighted by molar-refractivity contribution is 5.85. The van der Waals surface area contributed by atoms with Gasteiger partial charge >= 0.3 is 0 Å². The second kappa shape index (κ2) is 4.65. The molecule has 3 nitrogen and oxygen atoms in total. The Labute approximate surface area is 103 Å². The van der Waals surface area contributed by atoms with Gasteiger partial charge < -0.3 is 4.42 Å². The van der Waals surface area contributed by atoms with Crippen LogP contribution in [0.25, 0.3) is 0 Å². The second-order valence-corrected chi connectivity index (χ2v) is 5.89. The van der Waals surface area contributed by atoms with Crippen molar-refractivity contribution in [1.82, 2.24) is 4.90 Å². The Hall–Kier alpha value is -1.09. The second-order valence-electron chi connectivity index (χ2n) is 5.89. The summed E-state index contributed by atoms with van der Waals surface area (Å²) in [4.78, 5) is 14.3. The van der Waals surface area contributed by atoms with Crippen molar-refractivity contribution < 1.29 is 9.21 Å². The average molecular weight is 235 g/mol. The van der Waals surface area contributed by atoms with Crippen LogP contribution in [0.4, 0.5) is 0 Å². The van der Waals surface area contributed by atoms with E-state index in [2.05, 4.69) is 4.90 Å². The van der Waals surface area contributed by atoms with Gasteiger partial charge in [0.05, 0.1) is 19.4 Å². The van der Waals surface area contributed by atoms with Crippen molar-refractivity contribution in [2.24, 2.45) is 5.41 Å². The zero-order valence-electron chi connectivity index (χ0n) is 10.9. The Morgan fingerprint density at radius 3 is 2.65 bits per heavy atom. The number of furan rings is 1. The summed E-state index contributed by atoms with van der Waals surface area (Å²) in [5.41, 5.74) is -0.254. The summed E-state index contributed by atoms with van der Waals surface area (Å²) in [5.74, 6) is 1.24. The lowest BCUT2D eigenvalue weighted by molar-refractivity contribution is -0.127. The molecule has 1 aliphatic carbocycles. The van der Waals surface area contributed by atoms with Crippen LogP contribution in [0.2, 0.25) is 0 Å².